The summed E-state index contributed by atoms with van der Waals surface area (Å²) in [5, 5.41) is 35.8. The Kier molecular flexibility index (Phi) is 5.46. The summed E-state index contributed by atoms with van der Waals surface area (Å²) < 4.78 is 0. The number of aliphatic carboxylic acids is 1. The third-order valence-corrected chi connectivity index (χ3v) is 2.95. The van der Waals surface area contributed by atoms with Crippen molar-refractivity contribution in [3.8, 4) is 6.07 Å². The molecule has 0 aromatic heterocycles. The fourth-order valence-electron chi connectivity index (χ4n) is 1.80. The maximum Gasteiger partial charge on any atom is 0.335 e. The minimum absolute atomic E-state index is 0.0506. The molecule has 0 aliphatic carbocycles. The minimum Gasteiger partial charge on any atom is -0.481 e. The van der Waals surface area contributed by atoms with Gasteiger partial charge < -0.3 is 20.2 Å². The van der Waals surface area contributed by atoms with Crippen molar-refractivity contribution in [1.82, 2.24) is 0 Å². The highest BCUT2D eigenvalue weighted by Crippen LogP contribution is 2.21. The van der Waals surface area contributed by atoms with Crippen LogP contribution in [-0.4, -0.2) is 46.3 Å². The van der Waals surface area contributed by atoms with E-state index in [1.165, 1.54) is 24.0 Å². The first kappa shape index (κ1) is 17.0. The van der Waals surface area contributed by atoms with Crippen molar-refractivity contribution in [2.24, 2.45) is 5.92 Å². The van der Waals surface area contributed by atoms with Gasteiger partial charge in [-0.15, -0.1) is 0 Å². The second-order valence-electron chi connectivity index (χ2n) is 4.66. The van der Waals surface area contributed by atoms with E-state index in [9.17, 15) is 14.4 Å². The van der Waals surface area contributed by atoms with Gasteiger partial charge in [0.25, 0.3) is 0 Å². The lowest BCUT2D eigenvalue weighted by Crippen LogP contribution is -2.32. The van der Waals surface area contributed by atoms with Crippen LogP contribution in [0.15, 0.2) is 18.2 Å². The summed E-state index contributed by atoms with van der Waals surface area (Å²) in [5.74, 6) is -4.51. The Morgan fingerprint density at radius 3 is 2.00 bits per heavy atom. The van der Waals surface area contributed by atoms with Crippen molar-refractivity contribution < 1.29 is 29.7 Å². The second-order valence-corrected chi connectivity index (χ2v) is 4.66. The molecule has 0 heterocycles. The first-order valence-corrected chi connectivity index (χ1v) is 6.22. The molecule has 1 aromatic carbocycles. The lowest BCUT2D eigenvalue weighted by molar-refractivity contribution is -0.140. The van der Waals surface area contributed by atoms with Crippen molar-refractivity contribution >= 4 is 23.6 Å². The van der Waals surface area contributed by atoms with Crippen molar-refractivity contribution in [1.29, 1.82) is 5.26 Å². The van der Waals surface area contributed by atoms with E-state index in [4.69, 9.17) is 20.6 Å². The Labute approximate surface area is 125 Å². The number of nitriles is 1. The Morgan fingerprint density at radius 2 is 1.64 bits per heavy atom. The highest BCUT2D eigenvalue weighted by Gasteiger charge is 2.19. The van der Waals surface area contributed by atoms with Crippen LogP contribution in [0, 0.1) is 17.2 Å². The molecule has 0 aliphatic rings. The lowest BCUT2D eigenvalue weighted by atomic mass is 10.1. The second kappa shape index (κ2) is 7.08. The first-order valence-electron chi connectivity index (χ1n) is 6.22. The van der Waals surface area contributed by atoms with E-state index < -0.39 is 23.8 Å². The fourth-order valence-corrected chi connectivity index (χ4v) is 1.80. The number of rotatable bonds is 7. The Hall–Kier alpha value is -3.08. The molecule has 0 spiro atoms. The molecule has 116 valence electrons. The third-order valence-electron chi connectivity index (χ3n) is 2.95. The van der Waals surface area contributed by atoms with Crippen LogP contribution < -0.4 is 4.90 Å². The van der Waals surface area contributed by atoms with Crippen LogP contribution in [0.1, 0.15) is 27.6 Å². The maximum absolute atomic E-state index is 11.1. The molecule has 0 radical (unpaired) electrons. The van der Waals surface area contributed by atoms with E-state index in [0.29, 0.717) is 0 Å². The summed E-state index contributed by atoms with van der Waals surface area (Å²) in [7, 11) is 0. The molecule has 0 saturated carbocycles. The van der Waals surface area contributed by atoms with E-state index in [-0.39, 0.29) is 29.9 Å². The molecule has 0 bridgehead atoms. The zero-order chi connectivity index (χ0) is 16.9. The van der Waals surface area contributed by atoms with E-state index >= 15 is 0 Å². The van der Waals surface area contributed by atoms with Crippen molar-refractivity contribution in [2.75, 3.05) is 18.0 Å². The highest BCUT2D eigenvalue weighted by molar-refractivity contribution is 5.95. The summed E-state index contributed by atoms with van der Waals surface area (Å²) >= 11 is 0. The number of anilines is 1. The van der Waals surface area contributed by atoms with Gasteiger partial charge in [-0.1, -0.05) is 6.92 Å². The van der Waals surface area contributed by atoms with E-state index in [1.807, 2.05) is 6.07 Å². The van der Waals surface area contributed by atoms with Gasteiger partial charge in [-0.25, -0.2) is 9.59 Å². The third kappa shape index (κ3) is 4.21. The average Bonchev–Trinajstić information content (AvgIpc) is 2.45. The molecule has 8 heteroatoms. The van der Waals surface area contributed by atoms with Gasteiger partial charge in [0.05, 0.1) is 23.1 Å². The zero-order valence-corrected chi connectivity index (χ0v) is 11.7. The van der Waals surface area contributed by atoms with Crippen LogP contribution in [0.2, 0.25) is 0 Å². The van der Waals surface area contributed by atoms with Crippen molar-refractivity contribution in [3.63, 3.8) is 0 Å². The van der Waals surface area contributed by atoms with E-state index in [0.717, 1.165) is 6.07 Å². The fraction of sp³-hybridized carbons (Fsp3) is 0.286. The quantitative estimate of drug-likeness (QED) is 0.637. The molecular formula is C14H14N2O6. The number of hydrogen-bond acceptors (Lipinski definition) is 5. The number of carboxylic acid groups (broad SMARTS) is 3. The zero-order valence-electron chi connectivity index (χ0n) is 11.7. The molecule has 0 aliphatic heterocycles. The largest absolute Gasteiger partial charge is 0.481 e. The number of aromatic carboxylic acids is 2. The molecule has 3 N–H and O–H groups in total. The monoisotopic (exact) mass is 306 g/mol. The number of hydrogen-bond donors (Lipinski definition) is 3. The normalized spacial score (nSPS) is 11.3. The summed E-state index contributed by atoms with van der Waals surface area (Å²) in [6.45, 7) is 1.19. The summed E-state index contributed by atoms with van der Waals surface area (Å²) in [6.07, 6.45) is 0. The maximum atomic E-state index is 11.1. The van der Waals surface area contributed by atoms with Gasteiger partial charge in [-0.2, -0.15) is 5.26 Å². The van der Waals surface area contributed by atoms with E-state index in [2.05, 4.69) is 0 Å². The van der Waals surface area contributed by atoms with Crippen LogP contribution in [-0.2, 0) is 4.79 Å². The molecule has 1 atom stereocenters. The first-order chi connectivity index (χ1) is 10.3. The molecule has 8 nitrogen and oxygen atoms in total. The van der Waals surface area contributed by atoms with Crippen molar-refractivity contribution in [2.45, 2.75) is 6.92 Å². The van der Waals surface area contributed by atoms with E-state index in [1.54, 1.807) is 0 Å². The van der Waals surface area contributed by atoms with Crippen molar-refractivity contribution in [3.05, 3.63) is 29.3 Å². The van der Waals surface area contributed by atoms with Gasteiger partial charge >= 0.3 is 17.9 Å². The number of nitrogens with zero attached hydrogens (tertiary/aromatic N) is 2. The van der Waals surface area contributed by atoms with Gasteiger partial charge in [-0.05, 0) is 18.2 Å². The van der Waals surface area contributed by atoms with Gasteiger partial charge in [0.1, 0.15) is 6.54 Å². The van der Waals surface area contributed by atoms with Crippen LogP contribution in [0.3, 0.4) is 0 Å². The number of carboxylic acids is 3. The Bertz CT molecular complexity index is 617. The Morgan fingerprint density at radius 1 is 1.14 bits per heavy atom. The van der Waals surface area contributed by atoms with Gasteiger partial charge in [0, 0.05) is 12.2 Å². The minimum atomic E-state index is -1.31. The van der Waals surface area contributed by atoms with Crippen LogP contribution >= 0.6 is 0 Å². The van der Waals surface area contributed by atoms with Gasteiger partial charge in [0.2, 0.25) is 0 Å². The smallest absolute Gasteiger partial charge is 0.335 e. The number of carbonyl (C=O) groups is 3. The van der Waals surface area contributed by atoms with Crippen LogP contribution in [0.5, 0.6) is 0 Å². The molecule has 0 amide bonds. The lowest BCUT2D eigenvalue weighted by Gasteiger charge is -2.24. The number of benzene rings is 1. The molecule has 0 fully saturated rings. The average molecular weight is 306 g/mol. The van der Waals surface area contributed by atoms with Gasteiger partial charge in [0.15, 0.2) is 0 Å². The topological polar surface area (TPSA) is 139 Å². The summed E-state index contributed by atoms with van der Waals surface area (Å²) in [4.78, 5) is 34.4. The van der Waals surface area contributed by atoms with Crippen LogP contribution in [0.4, 0.5) is 5.69 Å². The van der Waals surface area contributed by atoms with Gasteiger partial charge in [-0.3, -0.25) is 4.79 Å². The molecule has 1 aromatic rings. The van der Waals surface area contributed by atoms with Crippen LogP contribution in [0.25, 0.3) is 0 Å². The molecule has 0 saturated heterocycles. The molecule has 22 heavy (non-hydrogen) atoms. The standard InChI is InChI=1S/C14H14N2O6/c1-8(12(17)18)7-16(3-2-15)11-5-9(13(19)20)4-10(6-11)14(21)22/h4-6,8H,3,7H2,1H3,(H,17,18)(H,19,20)(H,21,22). The predicted octanol–water partition coefficient (Wildman–Crippen LogP) is 1.13. The predicted molar refractivity (Wildman–Crippen MR) is 75.0 cm³/mol. The molecule has 1 unspecified atom stereocenters. The molecular weight excluding hydrogens is 292 g/mol. The molecule has 1 rings (SSSR count). The summed E-state index contributed by atoms with van der Waals surface area (Å²) in [6, 6.07) is 5.26. The highest BCUT2D eigenvalue weighted by atomic mass is 16.4. The SMILES string of the molecule is CC(CN(CC#N)c1cc(C(=O)O)cc(C(=O)O)c1)C(=O)O. The summed E-state index contributed by atoms with van der Waals surface area (Å²) in [5.41, 5.74) is -0.325. The Balaban J connectivity index is 3.28.